The highest BCUT2D eigenvalue weighted by Gasteiger charge is 2.25. The summed E-state index contributed by atoms with van der Waals surface area (Å²) >= 11 is 5.97. The van der Waals surface area contributed by atoms with Gasteiger partial charge in [0.05, 0.1) is 11.4 Å². The van der Waals surface area contributed by atoms with Crippen LogP contribution < -0.4 is 4.72 Å². The van der Waals surface area contributed by atoms with Crippen LogP contribution >= 0.6 is 11.6 Å². The standard InChI is InChI=1S/C15H18ClNO5S/c16-12-6-5-10(13(18)7-8-15(19)20)9-14(12)23(21,22)17-11-3-1-2-4-11/h5-6,9,11,17H,1-4,7-8H2,(H,19,20). The Bertz CT molecular complexity index is 711. The molecule has 0 radical (unpaired) electrons. The van der Waals surface area contributed by atoms with Gasteiger partial charge in [0.25, 0.3) is 0 Å². The van der Waals surface area contributed by atoms with Gasteiger partial charge in [0.2, 0.25) is 10.0 Å². The van der Waals surface area contributed by atoms with Crippen LogP contribution in [-0.4, -0.2) is 31.3 Å². The van der Waals surface area contributed by atoms with Gasteiger partial charge in [0.1, 0.15) is 4.90 Å². The Labute approximate surface area is 139 Å². The second kappa shape index (κ2) is 7.42. The van der Waals surface area contributed by atoms with Crippen molar-refractivity contribution < 1.29 is 23.1 Å². The monoisotopic (exact) mass is 359 g/mol. The summed E-state index contributed by atoms with van der Waals surface area (Å²) in [6, 6.07) is 3.85. The van der Waals surface area contributed by atoms with E-state index in [1.54, 1.807) is 0 Å². The molecule has 1 saturated carbocycles. The van der Waals surface area contributed by atoms with Gasteiger partial charge >= 0.3 is 5.97 Å². The number of carbonyl (C=O) groups is 2. The van der Waals surface area contributed by atoms with Crippen molar-refractivity contribution in [1.82, 2.24) is 4.72 Å². The molecule has 0 saturated heterocycles. The number of benzene rings is 1. The fourth-order valence-corrected chi connectivity index (χ4v) is 4.40. The molecule has 0 aliphatic heterocycles. The van der Waals surface area contributed by atoms with Crippen molar-refractivity contribution in [3.63, 3.8) is 0 Å². The van der Waals surface area contributed by atoms with Crippen LogP contribution in [0.3, 0.4) is 0 Å². The zero-order valence-electron chi connectivity index (χ0n) is 12.4. The Kier molecular flexibility index (Phi) is 5.78. The third kappa shape index (κ3) is 4.76. The number of aliphatic carboxylic acids is 1. The van der Waals surface area contributed by atoms with Gasteiger partial charge in [-0.25, -0.2) is 13.1 Å². The van der Waals surface area contributed by atoms with Crippen LogP contribution in [0.5, 0.6) is 0 Å². The second-order valence-corrected chi connectivity index (χ2v) is 7.65. The van der Waals surface area contributed by atoms with E-state index in [0.29, 0.717) is 0 Å². The zero-order chi connectivity index (χ0) is 17.0. The fourth-order valence-electron chi connectivity index (χ4n) is 2.57. The van der Waals surface area contributed by atoms with Gasteiger partial charge < -0.3 is 5.11 Å². The van der Waals surface area contributed by atoms with Crippen molar-refractivity contribution in [2.24, 2.45) is 0 Å². The molecule has 0 bridgehead atoms. The number of halogens is 1. The quantitative estimate of drug-likeness (QED) is 0.729. The molecule has 8 heteroatoms. The van der Waals surface area contributed by atoms with Gasteiger partial charge in [-0.05, 0) is 31.0 Å². The minimum Gasteiger partial charge on any atom is -0.481 e. The molecule has 2 N–H and O–H groups in total. The van der Waals surface area contributed by atoms with Crippen molar-refractivity contribution in [2.45, 2.75) is 49.5 Å². The first kappa shape index (κ1) is 17.9. The maximum atomic E-state index is 12.4. The number of hydrogen-bond acceptors (Lipinski definition) is 4. The number of sulfonamides is 1. The molecule has 1 aliphatic carbocycles. The number of Topliss-reactive ketones (excluding diaryl/α,β-unsaturated/α-hetero) is 1. The minimum atomic E-state index is -3.81. The molecule has 1 fully saturated rings. The number of ketones is 1. The summed E-state index contributed by atoms with van der Waals surface area (Å²) in [7, 11) is -3.81. The molecule has 1 aromatic carbocycles. The molecule has 126 valence electrons. The van der Waals surface area contributed by atoms with Gasteiger partial charge in [0, 0.05) is 18.0 Å². The lowest BCUT2D eigenvalue weighted by Crippen LogP contribution is -2.32. The topological polar surface area (TPSA) is 101 Å². The van der Waals surface area contributed by atoms with E-state index in [9.17, 15) is 18.0 Å². The predicted molar refractivity (Wildman–Crippen MR) is 85.2 cm³/mol. The smallest absolute Gasteiger partial charge is 0.303 e. The highest BCUT2D eigenvalue weighted by atomic mass is 35.5. The molecule has 1 aliphatic rings. The van der Waals surface area contributed by atoms with Crippen LogP contribution in [0.4, 0.5) is 0 Å². The first-order valence-corrected chi connectivity index (χ1v) is 9.22. The summed E-state index contributed by atoms with van der Waals surface area (Å²) < 4.78 is 27.5. The van der Waals surface area contributed by atoms with Gasteiger partial charge in [-0.3, -0.25) is 9.59 Å². The largest absolute Gasteiger partial charge is 0.481 e. The maximum absolute atomic E-state index is 12.4. The van der Waals surface area contributed by atoms with Crippen LogP contribution in [0.2, 0.25) is 5.02 Å². The zero-order valence-corrected chi connectivity index (χ0v) is 14.0. The summed E-state index contributed by atoms with van der Waals surface area (Å²) in [6.07, 6.45) is 3.04. The van der Waals surface area contributed by atoms with Crippen molar-refractivity contribution in [2.75, 3.05) is 0 Å². The molecular weight excluding hydrogens is 342 g/mol. The molecule has 6 nitrogen and oxygen atoms in total. The first-order valence-electron chi connectivity index (χ1n) is 7.36. The third-order valence-electron chi connectivity index (χ3n) is 3.79. The lowest BCUT2D eigenvalue weighted by atomic mass is 10.1. The molecule has 0 unspecified atom stereocenters. The number of carbonyl (C=O) groups excluding carboxylic acids is 1. The van der Waals surface area contributed by atoms with E-state index in [-0.39, 0.29) is 34.4 Å². The minimum absolute atomic E-state index is 0.0327. The van der Waals surface area contributed by atoms with Gasteiger partial charge in [0.15, 0.2) is 5.78 Å². The summed E-state index contributed by atoms with van der Waals surface area (Å²) in [4.78, 5) is 22.3. The predicted octanol–water partition coefficient (Wildman–Crippen LogP) is 2.61. The SMILES string of the molecule is O=C(O)CCC(=O)c1ccc(Cl)c(S(=O)(=O)NC2CCCC2)c1. The van der Waals surface area contributed by atoms with E-state index in [1.165, 1.54) is 18.2 Å². The number of carboxylic acid groups (broad SMARTS) is 1. The molecular formula is C15H18ClNO5S. The van der Waals surface area contributed by atoms with Gasteiger partial charge in [-0.2, -0.15) is 0 Å². The summed E-state index contributed by atoms with van der Waals surface area (Å²) in [5.74, 6) is -1.51. The van der Waals surface area contributed by atoms with E-state index in [0.717, 1.165) is 25.7 Å². The van der Waals surface area contributed by atoms with Crippen molar-refractivity contribution in [3.8, 4) is 0 Å². The Morgan fingerprint density at radius 2 is 1.87 bits per heavy atom. The lowest BCUT2D eigenvalue weighted by molar-refractivity contribution is -0.136. The Hall–Kier alpha value is -1.44. The molecule has 0 aromatic heterocycles. The molecule has 0 atom stereocenters. The molecule has 0 heterocycles. The average Bonchev–Trinajstić information content (AvgIpc) is 2.97. The Morgan fingerprint density at radius 3 is 2.48 bits per heavy atom. The number of hydrogen-bond donors (Lipinski definition) is 2. The second-order valence-electron chi connectivity index (χ2n) is 5.56. The number of rotatable bonds is 7. The molecule has 1 aromatic rings. The third-order valence-corrected chi connectivity index (χ3v) is 5.79. The van der Waals surface area contributed by atoms with E-state index < -0.39 is 21.8 Å². The lowest BCUT2D eigenvalue weighted by Gasteiger charge is -2.14. The van der Waals surface area contributed by atoms with Crippen LogP contribution in [0.15, 0.2) is 23.1 Å². The molecule has 0 spiro atoms. The first-order chi connectivity index (χ1) is 10.8. The number of nitrogens with one attached hydrogen (secondary N) is 1. The van der Waals surface area contributed by atoms with Crippen molar-refractivity contribution in [3.05, 3.63) is 28.8 Å². The van der Waals surface area contributed by atoms with Gasteiger partial charge in [-0.15, -0.1) is 0 Å². The van der Waals surface area contributed by atoms with Gasteiger partial charge in [-0.1, -0.05) is 24.4 Å². The number of carboxylic acids is 1. The normalized spacial score (nSPS) is 15.7. The van der Waals surface area contributed by atoms with E-state index >= 15 is 0 Å². The Morgan fingerprint density at radius 1 is 1.22 bits per heavy atom. The van der Waals surface area contributed by atoms with Crippen LogP contribution in [0, 0.1) is 0 Å². The van der Waals surface area contributed by atoms with Crippen LogP contribution in [-0.2, 0) is 14.8 Å². The average molecular weight is 360 g/mol. The highest BCUT2D eigenvalue weighted by molar-refractivity contribution is 7.89. The molecule has 23 heavy (non-hydrogen) atoms. The summed E-state index contributed by atoms with van der Waals surface area (Å²) in [6.45, 7) is 0. The van der Waals surface area contributed by atoms with E-state index in [4.69, 9.17) is 16.7 Å². The summed E-state index contributed by atoms with van der Waals surface area (Å²) in [5, 5.41) is 8.65. The van der Waals surface area contributed by atoms with Crippen molar-refractivity contribution >= 4 is 33.4 Å². The fraction of sp³-hybridized carbons (Fsp3) is 0.467. The maximum Gasteiger partial charge on any atom is 0.303 e. The van der Waals surface area contributed by atoms with Crippen molar-refractivity contribution in [1.29, 1.82) is 0 Å². The van der Waals surface area contributed by atoms with E-state index in [1.807, 2.05) is 0 Å². The van der Waals surface area contributed by atoms with Crippen LogP contribution in [0.25, 0.3) is 0 Å². The highest BCUT2D eigenvalue weighted by Crippen LogP contribution is 2.26. The summed E-state index contributed by atoms with van der Waals surface area (Å²) in [5.41, 5.74) is 0.141. The Balaban J connectivity index is 2.22. The van der Waals surface area contributed by atoms with E-state index in [2.05, 4.69) is 4.72 Å². The molecule has 0 amide bonds. The van der Waals surface area contributed by atoms with Crippen LogP contribution in [0.1, 0.15) is 48.9 Å². The molecule has 2 rings (SSSR count).